The molecule has 0 unspecified atom stereocenters. The number of thiocarbonyl (C=S) groups is 1. The Balaban J connectivity index is 2.14. The third kappa shape index (κ3) is 4.19. The first kappa shape index (κ1) is 22.6. The lowest BCUT2D eigenvalue weighted by Gasteiger charge is -2.34. The van der Waals surface area contributed by atoms with Gasteiger partial charge in [0.05, 0.1) is 4.91 Å². The second-order valence-electron chi connectivity index (χ2n) is 8.57. The van der Waals surface area contributed by atoms with Gasteiger partial charge in [-0.25, -0.2) is 0 Å². The highest BCUT2D eigenvalue weighted by Crippen LogP contribution is 2.36. The number of thioether (sulfide) groups is 1. The van der Waals surface area contributed by atoms with Crippen LogP contribution in [-0.2, 0) is 11.8 Å². The van der Waals surface area contributed by atoms with Crippen LogP contribution in [0.4, 0.5) is 5.82 Å². The number of carbonyl (C=O) groups excluding carboxylic acids is 1. The molecule has 30 heavy (non-hydrogen) atoms. The molecule has 6 nitrogen and oxygen atoms in total. The lowest BCUT2D eigenvalue weighted by molar-refractivity contribution is -0.122. The molecular weight excluding hydrogens is 416 g/mol. The Bertz CT molecular complexity index is 1010. The molecule has 0 aliphatic carbocycles. The van der Waals surface area contributed by atoms with Gasteiger partial charge in [-0.15, -0.1) is 0 Å². The first-order chi connectivity index (χ1) is 14.1. The topological polar surface area (TPSA) is 69.3 Å². The average molecular weight is 445 g/mol. The molecule has 3 heterocycles. The number of aromatic nitrogens is 1. The number of nitrogens with zero attached hydrogens (tertiary/aromatic N) is 4. The molecule has 1 amide bonds. The molecule has 0 spiro atoms. The van der Waals surface area contributed by atoms with Crippen LogP contribution in [0.2, 0.25) is 0 Å². The second kappa shape index (κ2) is 8.94. The molecule has 1 aromatic rings. The van der Waals surface area contributed by atoms with Crippen LogP contribution in [0.5, 0.6) is 0 Å². The van der Waals surface area contributed by atoms with Gasteiger partial charge in [-0.2, -0.15) is 5.26 Å². The highest BCUT2D eigenvalue weighted by atomic mass is 32.2. The van der Waals surface area contributed by atoms with Gasteiger partial charge in [0.15, 0.2) is 0 Å². The van der Waals surface area contributed by atoms with E-state index < -0.39 is 0 Å². The normalized spacial score (nSPS) is 19.3. The minimum atomic E-state index is -0.298. The molecule has 0 N–H and O–H groups in total. The van der Waals surface area contributed by atoms with E-state index in [4.69, 9.17) is 12.2 Å². The van der Waals surface area contributed by atoms with Crippen molar-refractivity contribution < 1.29 is 4.79 Å². The van der Waals surface area contributed by atoms with Crippen molar-refractivity contribution in [2.45, 2.75) is 40.5 Å². The fourth-order valence-corrected chi connectivity index (χ4v) is 5.23. The lowest BCUT2D eigenvalue weighted by atomic mass is 9.97. The Morgan fingerprint density at radius 1 is 1.30 bits per heavy atom. The van der Waals surface area contributed by atoms with Crippen LogP contribution in [0.3, 0.4) is 0 Å². The number of anilines is 1. The predicted molar refractivity (Wildman–Crippen MR) is 126 cm³/mol. The third-order valence-corrected chi connectivity index (χ3v) is 7.13. The van der Waals surface area contributed by atoms with Gasteiger partial charge < -0.3 is 4.90 Å². The smallest absolute Gasteiger partial charge is 0.270 e. The number of hydrogen-bond acceptors (Lipinski definition) is 6. The van der Waals surface area contributed by atoms with Gasteiger partial charge in [-0.05, 0) is 43.2 Å². The number of piperidine rings is 1. The summed E-state index contributed by atoms with van der Waals surface area (Å²) in [5.41, 5.74) is 1.19. The Morgan fingerprint density at radius 3 is 2.50 bits per heavy atom. The Kier molecular flexibility index (Phi) is 6.73. The fourth-order valence-electron chi connectivity index (χ4n) is 3.97. The van der Waals surface area contributed by atoms with Gasteiger partial charge in [0.2, 0.25) is 0 Å². The van der Waals surface area contributed by atoms with Gasteiger partial charge in [0.1, 0.15) is 21.8 Å². The predicted octanol–water partition coefficient (Wildman–Crippen LogP) is 3.66. The molecule has 0 saturated carbocycles. The van der Waals surface area contributed by atoms with Crippen LogP contribution in [0.1, 0.15) is 50.3 Å². The van der Waals surface area contributed by atoms with E-state index in [1.807, 2.05) is 19.9 Å². The van der Waals surface area contributed by atoms with Gasteiger partial charge >= 0.3 is 0 Å². The standard InChI is InChI=1S/C22H28N4O2S2/c1-13(2)12-26-21(28)18(30-22(26)29)10-16-15(4)17(11-23)20(27)24(5)19(16)25-8-6-14(3)7-9-25/h10,13-14H,6-9,12H2,1-5H3/b18-10-. The largest absolute Gasteiger partial charge is 0.357 e. The zero-order valence-electron chi connectivity index (χ0n) is 18.2. The average Bonchev–Trinajstić information content (AvgIpc) is 2.95. The number of amides is 1. The molecule has 0 radical (unpaired) electrons. The number of hydrogen-bond donors (Lipinski definition) is 0. The first-order valence-corrected chi connectivity index (χ1v) is 11.5. The van der Waals surface area contributed by atoms with Crippen LogP contribution in [0.25, 0.3) is 6.08 Å². The molecule has 3 rings (SSSR count). The van der Waals surface area contributed by atoms with E-state index in [2.05, 4.69) is 17.9 Å². The zero-order chi connectivity index (χ0) is 22.2. The van der Waals surface area contributed by atoms with Gasteiger partial charge in [0.25, 0.3) is 11.5 Å². The lowest BCUT2D eigenvalue weighted by Crippen LogP contribution is -2.38. The third-order valence-electron chi connectivity index (χ3n) is 5.75. The quantitative estimate of drug-likeness (QED) is 0.521. The van der Waals surface area contributed by atoms with Crippen LogP contribution >= 0.6 is 24.0 Å². The molecule has 2 aliphatic heterocycles. The zero-order valence-corrected chi connectivity index (χ0v) is 19.8. The minimum Gasteiger partial charge on any atom is -0.357 e. The van der Waals surface area contributed by atoms with Gasteiger partial charge in [-0.1, -0.05) is 44.8 Å². The highest BCUT2D eigenvalue weighted by Gasteiger charge is 2.33. The van der Waals surface area contributed by atoms with E-state index in [0.29, 0.717) is 33.2 Å². The van der Waals surface area contributed by atoms with Crippen LogP contribution < -0.4 is 10.5 Å². The maximum absolute atomic E-state index is 13.0. The SMILES string of the molecule is Cc1c(/C=C2\SC(=S)N(CC(C)C)C2=O)c(N2CCC(C)CC2)n(C)c(=O)c1C#N. The summed E-state index contributed by atoms with van der Waals surface area (Å²) < 4.78 is 2.11. The Morgan fingerprint density at radius 2 is 1.93 bits per heavy atom. The van der Waals surface area contributed by atoms with Crippen molar-refractivity contribution in [2.24, 2.45) is 18.9 Å². The van der Waals surface area contributed by atoms with E-state index in [0.717, 1.165) is 37.3 Å². The monoisotopic (exact) mass is 444 g/mol. The summed E-state index contributed by atoms with van der Waals surface area (Å²) in [6.07, 6.45) is 3.91. The fraction of sp³-hybridized carbons (Fsp3) is 0.545. The maximum atomic E-state index is 13.0. The van der Waals surface area contributed by atoms with Crippen molar-refractivity contribution in [1.29, 1.82) is 5.26 Å². The van der Waals surface area contributed by atoms with Crippen LogP contribution in [0, 0.1) is 30.1 Å². The highest BCUT2D eigenvalue weighted by molar-refractivity contribution is 8.26. The van der Waals surface area contributed by atoms with E-state index in [9.17, 15) is 14.9 Å². The van der Waals surface area contributed by atoms with Crippen LogP contribution in [-0.4, -0.2) is 39.3 Å². The summed E-state index contributed by atoms with van der Waals surface area (Å²) in [6.45, 7) is 10.4. The van der Waals surface area contributed by atoms with Gasteiger partial charge in [-0.3, -0.25) is 19.1 Å². The Labute approximate surface area is 187 Å². The van der Waals surface area contributed by atoms with Crippen molar-refractivity contribution in [2.75, 3.05) is 24.5 Å². The van der Waals surface area contributed by atoms with Gasteiger partial charge in [0, 0.05) is 32.2 Å². The van der Waals surface area contributed by atoms with Crippen molar-refractivity contribution in [3.63, 3.8) is 0 Å². The number of rotatable bonds is 4. The molecule has 2 aliphatic rings. The van der Waals surface area contributed by atoms with Crippen LogP contribution in [0.15, 0.2) is 9.70 Å². The van der Waals surface area contributed by atoms with E-state index in [1.54, 1.807) is 23.4 Å². The number of carbonyl (C=O) groups is 1. The van der Waals surface area contributed by atoms with E-state index in [1.165, 1.54) is 11.8 Å². The molecule has 2 fully saturated rings. The molecule has 0 aromatic carbocycles. The van der Waals surface area contributed by atoms with Crippen molar-refractivity contribution in [3.8, 4) is 6.07 Å². The summed E-state index contributed by atoms with van der Waals surface area (Å²) in [5, 5.41) is 9.58. The van der Waals surface area contributed by atoms with Crippen molar-refractivity contribution in [1.82, 2.24) is 9.47 Å². The molecular formula is C22H28N4O2S2. The maximum Gasteiger partial charge on any atom is 0.270 e. The molecule has 2 saturated heterocycles. The number of pyridine rings is 1. The Hall–Kier alpha value is -2.11. The molecule has 160 valence electrons. The summed E-state index contributed by atoms with van der Waals surface area (Å²) in [4.78, 5) is 30.2. The second-order valence-corrected chi connectivity index (χ2v) is 10.2. The molecule has 1 aromatic heterocycles. The molecule has 0 bridgehead atoms. The first-order valence-electron chi connectivity index (χ1n) is 10.3. The summed E-state index contributed by atoms with van der Waals surface area (Å²) in [6, 6.07) is 2.05. The van der Waals surface area contributed by atoms with Crippen molar-refractivity contribution >= 4 is 46.1 Å². The van der Waals surface area contributed by atoms with Crippen molar-refractivity contribution in [3.05, 3.63) is 31.9 Å². The molecule has 8 heteroatoms. The van der Waals surface area contributed by atoms with E-state index >= 15 is 0 Å². The summed E-state index contributed by atoms with van der Waals surface area (Å²) in [7, 11) is 1.71. The summed E-state index contributed by atoms with van der Waals surface area (Å²) in [5.74, 6) is 1.62. The minimum absolute atomic E-state index is 0.108. The van der Waals surface area contributed by atoms with E-state index in [-0.39, 0.29) is 17.0 Å². The molecule has 0 atom stereocenters. The number of nitriles is 1. The summed E-state index contributed by atoms with van der Waals surface area (Å²) >= 11 is 6.72.